The lowest BCUT2D eigenvalue weighted by Gasteiger charge is -2.11. The Morgan fingerprint density at radius 2 is 1.81 bits per heavy atom. The van der Waals surface area contributed by atoms with Crippen molar-refractivity contribution in [2.45, 2.75) is 25.3 Å². The predicted molar refractivity (Wildman–Crippen MR) is 83.2 cm³/mol. The molecule has 0 aliphatic heterocycles. The number of hydrogen-bond acceptors (Lipinski definition) is 3. The molecule has 1 aromatic carbocycles. The minimum atomic E-state index is -0.742. The van der Waals surface area contributed by atoms with Gasteiger partial charge in [0.05, 0.1) is 0 Å². The van der Waals surface area contributed by atoms with Crippen molar-refractivity contribution >= 4 is 29.1 Å². The van der Waals surface area contributed by atoms with Crippen LogP contribution in [0.4, 0.5) is 0 Å². The molecule has 0 spiro atoms. The van der Waals surface area contributed by atoms with Crippen molar-refractivity contribution in [1.82, 2.24) is 21.5 Å². The molecule has 4 N–H and O–H groups in total. The number of thiocarbonyl (C=S) groups is 1. The molecular weight excluding hydrogens is 288 g/mol. The standard InChI is InChI=1S/C14H18N4O2S/c19-12(16-11-6-7-11)13(20)17-18-14(21)15-9-8-10-4-2-1-3-5-10/h1-5,11H,6-9H2,(H,16,19)(H,17,20)(H2,15,18,21). The number of hydrogen-bond donors (Lipinski definition) is 4. The summed E-state index contributed by atoms with van der Waals surface area (Å²) in [7, 11) is 0. The van der Waals surface area contributed by atoms with Gasteiger partial charge in [0.2, 0.25) is 0 Å². The summed E-state index contributed by atoms with van der Waals surface area (Å²) in [5.74, 6) is -1.38. The Kier molecular flexibility index (Phi) is 5.51. The second-order valence-electron chi connectivity index (χ2n) is 4.82. The van der Waals surface area contributed by atoms with Crippen LogP contribution in [-0.4, -0.2) is 29.5 Å². The first-order valence-electron chi connectivity index (χ1n) is 6.84. The van der Waals surface area contributed by atoms with Gasteiger partial charge >= 0.3 is 11.8 Å². The Morgan fingerprint density at radius 1 is 1.10 bits per heavy atom. The molecule has 1 saturated carbocycles. The lowest BCUT2D eigenvalue weighted by atomic mass is 10.1. The molecule has 6 nitrogen and oxygen atoms in total. The van der Waals surface area contributed by atoms with Crippen molar-refractivity contribution in [3.63, 3.8) is 0 Å². The van der Waals surface area contributed by atoms with E-state index < -0.39 is 11.8 Å². The molecule has 1 aromatic rings. The van der Waals surface area contributed by atoms with Crippen molar-refractivity contribution in [3.8, 4) is 0 Å². The van der Waals surface area contributed by atoms with Crippen molar-refractivity contribution in [3.05, 3.63) is 35.9 Å². The highest BCUT2D eigenvalue weighted by molar-refractivity contribution is 7.80. The number of benzene rings is 1. The topological polar surface area (TPSA) is 82.3 Å². The van der Waals surface area contributed by atoms with Gasteiger partial charge in [-0.05, 0) is 37.0 Å². The molecule has 1 aliphatic rings. The molecule has 0 aromatic heterocycles. The second-order valence-corrected chi connectivity index (χ2v) is 5.23. The third-order valence-corrected chi connectivity index (χ3v) is 3.20. The van der Waals surface area contributed by atoms with Crippen LogP contribution in [0, 0.1) is 0 Å². The van der Waals surface area contributed by atoms with E-state index in [1.54, 1.807) is 0 Å². The molecule has 0 bridgehead atoms. The quantitative estimate of drug-likeness (QED) is 0.358. The normalized spacial score (nSPS) is 13.1. The Balaban J connectivity index is 1.58. The molecule has 1 aliphatic carbocycles. The third kappa shape index (κ3) is 5.78. The van der Waals surface area contributed by atoms with Gasteiger partial charge in [0, 0.05) is 12.6 Å². The molecule has 7 heteroatoms. The van der Waals surface area contributed by atoms with Crippen LogP contribution in [-0.2, 0) is 16.0 Å². The maximum atomic E-state index is 11.4. The van der Waals surface area contributed by atoms with Gasteiger partial charge < -0.3 is 10.6 Å². The van der Waals surface area contributed by atoms with Gasteiger partial charge in [-0.2, -0.15) is 0 Å². The van der Waals surface area contributed by atoms with Crippen LogP contribution in [0.5, 0.6) is 0 Å². The Morgan fingerprint density at radius 3 is 2.48 bits per heavy atom. The average Bonchev–Trinajstić information content (AvgIpc) is 3.29. The summed E-state index contributed by atoms with van der Waals surface area (Å²) in [5, 5.41) is 5.82. The molecule has 0 radical (unpaired) electrons. The lowest BCUT2D eigenvalue weighted by molar-refractivity contribution is -0.139. The molecule has 1 fully saturated rings. The van der Waals surface area contributed by atoms with Gasteiger partial charge in [0.25, 0.3) is 0 Å². The average molecular weight is 306 g/mol. The number of carbonyl (C=O) groups is 2. The summed E-state index contributed by atoms with van der Waals surface area (Å²) < 4.78 is 0. The van der Waals surface area contributed by atoms with Gasteiger partial charge in [-0.15, -0.1) is 0 Å². The van der Waals surface area contributed by atoms with Crippen molar-refractivity contribution in [2.75, 3.05) is 6.54 Å². The fraction of sp³-hybridized carbons (Fsp3) is 0.357. The molecule has 21 heavy (non-hydrogen) atoms. The molecule has 112 valence electrons. The van der Waals surface area contributed by atoms with Crippen LogP contribution in [0.1, 0.15) is 18.4 Å². The number of rotatable bonds is 4. The number of hydrazine groups is 1. The summed E-state index contributed by atoms with van der Waals surface area (Å²) in [5.41, 5.74) is 5.96. The predicted octanol–water partition coefficient (Wildman–Crippen LogP) is 0.00300. The minimum Gasteiger partial charge on any atom is -0.361 e. The summed E-state index contributed by atoms with van der Waals surface area (Å²) in [6.07, 6.45) is 2.69. The van der Waals surface area contributed by atoms with E-state index in [4.69, 9.17) is 12.2 Å². The fourth-order valence-electron chi connectivity index (χ4n) is 1.66. The van der Waals surface area contributed by atoms with Crippen LogP contribution in [0.15, 0.2) is 30.3 Å². The number of nitrogens with one attached hydrogen (secondary N) is 4. The van der Waals surface area contributed by atoms with Crippen LogP contribution >= 0.6 is 12.2 Å². The summed E-state index contributed by atoms with van der Waals surface area (Å²) >= 11 is 5.01. The summed E-state index contributed by atoms with van der Waals surface area (Å²) in [6, 6.07) is 10.1. The van der Waals surface area contributed by atoms with E-state index >= 15 is 0 Å². The highest BCUT2D eigenvalue weighted by Gasteiger charge is 2.26. The van der Waals surface area contributed by atoms with E-state index in [2.05, 4.69) is 21.5 Å². The van der Waals surface area contributed by atoms with Crippen molar-refractivity contribution in [2.24, 2.45) is 0 Å². The van der Waals surface area contributed by atoms with Gasteiger partial charge in [0.15, 0.2) is 5.11 Å². The monoisotopic (exact) mass is 306 g/mol. The van der Waals surface area contributed by atoms with Crippen LogP contribution in [0.25, 0.3) is 0 Å². The zero-order valence-electron chi connectivity index (χ0n) is 11.5. The molecule has 0 unspecified atom stereocenters. The Bertz CT molecular complexity index is 517. The first kappa shape index (κ1) is 15.2. The molecule has 2 rings (SSSR count). The van der Waals surface area contributed by atoms with E-state index in [0.29, 0.717) is 6.54 Å². The fourth-order valence-corrected chi connectivity index (χ4v) is 1.81. The van der Waals surface area contributed by atoms with E-state index in [-0.39, 0.29) is 11.2 Å². The molecule has 0 atom stereocenters. The first-order valence-corrected chi connectivity index (χ1v) is 7.24. The van der Waals surface area contributed by atoms with E-state index in [0.717, 1.165) is 19.3 Å². The van der Waals surface area contributed by atoms with Crippen LogP contribution in [0.3, 0.4) is 0 Å². The number of amides is 2. The van der Waals surface area contributed by atoms with Crippen LogP contribution < -0.4 is 21.5 Å². The SMILES string of the molecule is O=C(NNC(=S)NCCc1ccccc1)C(=O)NC1CC1. The third-order valence-electron chi connectivity index (χ3n) is 2.95. The Hall–Kier alpha value is -2.15. The maximum Gasteiger partial charge on any atom is 0.327 e. The minimum absolute atomic E-state index is 0.152. The molecule has 2 amide bonds. The van der Waals surface area contributed by atoms with E-state index in [9.17, 15) is 9.59 Å². The smallest absolute Gasteiger partial charge is 0.327 e. The second kappa shape index (κ2) is 7.58. The van der Waals surface area contributed by atoms with Gasteiger partial charge in [-0.1, -0.05) is 30.3 Å². The summed E-state index contributed by atoms with van der Waals surface area (Å²) in [4.78, 5) is 22.8. The molecule has 0 saturated heterocycles. The largest absolute Gasteiger partial charge is 0.361 e. The Labute approximate surface area is 128 Å². The highest BCUT2D eigenvalue weighted by atomic mass is 32.1. The highest BCUT2D eigenvalue weighted by Crippen LogP contribution is 2.18. The summed E-state index contributed by atoms with van der Waals surface area (Å²) in [6.45, 7) is 0.639. The number of carbonyl (C=O) groups excluding carboxylic acids is 2. The molecule has 0 heterocycles. The van der Waals surface area contributed by atoms with Gasteiger partial charge in [-0.3, -0.25) is 20.4 Å². The first-order chi connectivity index (χ1) is 10.1. The van der Waals surface area contributed by atoms with Crippen LogP contribution in [0.2, 0.25) is 0 Å². The van der Waals surface area contributed by atoms with Gasteiger partial charge in [-0.25, -0.2) is 0 Å². The maximum absolute atomic E-state index is 11.4. The zero-order valence-corrected chi connectivity index (χ0v) is 12.3. The van der Waals surface area contributed by atoms with Crippen molar-refractivity contribution in [1.29, 1.82) is 0 Å². The van der Waals surface area contributed by atoms with E-state index in [1.807, 2.05) is 30.3 Å². The van der Waals surface area contributed by atoms with Gasteiger partial charge in [0.1, 0.15) is 0 Å². The lowest BCUT2D eigenvalue weighted by Crippen LogP contribution is -2.51. The van der Waals surface area contributed by atoms with Crippen molar-refractivity contribution < 1.29 is 9.59 Å². The van der Waals surface area contributed by atoms with E-state index in [1.165, 1.54) is 5.56 Å². The molecular formula is C14H18N4O2S. The zero-order chi connectivity index (χ0) is 15.1.